The number of hydrogen-bond donors (Lipinski definition) is 0. The largest absolute Gasteiger partial charge is 0.550 e. The predicted molar refractivity (Wildman–Crippen MR) is 29.5 cm³/mol. The maximum atomic E-state index is 11.6. The number of alkyl halides is 3. The zero-order valence-corrected chi connectivity index (χ0v) is 5.94. The highest BCUT2D eigenvalue weighted by atomic mass is 19.4. The first-order valence-corrected chi connectivity index (χ1v) is 3.14. The minimum atomic E-state index is -4.42. The standard InChI is InChI=1S/C6H9F3O2/c1-2-4(5(10)11)3-6(7,8)9/h4H,2-3H2,1H3,(H,10,11)/p-1. The maximum absolute atomic E-state index is 11.6. The van der Waals surface area contributed by atoms with Crippen molar-refractivity contribution in [3.8, 4) is 0 Å². The Bertz CT molecular complexity index is 141. The Morgan fingerprint density at radius 2 is 2.00 bits per heavy atom. The summed E-state index contributed by atoms with van der Waals surface area (Å²) < 4.78 is 34.7. The molecule has 1 unspecified atom stereocenters. The van der Waals surface area contributed by atoms with E-state index in [0.29, 0.717) is 0 Å². The van der Waals surface area contributed by atoms with Gasteiger partial charge in [0.2, 0.25) is 0 Å². The molecule has 0 aliphatic carbocycles. The molecule has 0 aromatic rings. The first-order valence-electron chi connectivity index (χ1n) is 3.14. The summed E-state index contributed by atoms with van der Waals surface area (Å²) in [5, 5.41) is 10.00. The van der Waals surface area contributed by atoms with Crippen molar-refractivity contribution in [2.75, 3.05) is 0 Å². The molecule has 0 aliphatic rings. The van der Waals surface area contributed by atoms with Crippen LogP contribution in [-0.2, 0) is 4.79 Å². The number of rotatable bonds is 3. The lowest BCUT2D eigenvalue weighted by molar-refractivity contribution is -0.314. The van der Waals surface area contributed by atoms with Gasteiger partial charge in [-0.2, -0.15) is 13.2 Å². The number of aliphatic carboxylic acids is 1. The Morgan fingerprint density at radius 1 is 1.55 bits per heavy atom. The van der Waals surface area contributed by atoms with Gasteiger partial charge in [-0.05, 0) is 6.42 Å². The Hall–Kier alpha value is -0.740. The van der Waals surface area contributed by atoms with E-state index in [1.54, 1.807) is 0 Å². The number of carboxylic acid groups (broad SMARTS) is 1. The zero-order valence-electron chi connectivity index (χ0n) is 5.94. The van der Waals surface area contributed by atoms with E-state index in [0.717, 1.165) is 0 Å². The molecule has 0 N–H and O–H groups in total. The van der Waals surface area contributed by atoms with Gasteiger partial charge in [0.25, 0.3) is 0 Å². The van der Waals surface area contributed by atoms with Gasteiger partial charge in [0, 0.05) is 11.9 Å². The van der Waals surface area contributed by atoms with Crippen LogP contribution in [0, 0.1) is 5.92 Å². The fourth-order valence-corrected chi connectivity index (χ4v) is 0.674. The molecule has 0 aromatic carbocycles. The van der Waals surface area contributed by atoms with E-state index >= 15 is 0 Å². The van der Waals surface area contributed by atoms with Gasteiger partial charge in [-0.25, -0.2) is 0 Å². The van der Waals surface area contributed by atoms with Crippen LogP contribution in [0.15, 0.2) is 0 Å². The van der Waals surface area contributed by atoms with Crippen molar-refractivity contribution in [2.45, 2.75) is 25.9 Å². The molecule has 11 heavy (non-hydrogen) atoms. The molecule has 0 aliphatic heterocycles. The van der Waals surface area contributed by atoms with Crippen LogP contribution in [0.3, 0.4) is 0 Å². The first kappa shape index (κ1) is 10.3. The summed E-state index contributed by atoms with van der Waals surface area (Å²) in [5.41, 5.74) is 0. The molecule has 2 nitrogen and oxygen atoms in total. The van der Waals surface area contributed by atoms with E-state index in [9.17, 15) is 23.1 Å². The van der Waals surface area contributed by atoms with Crippen molar-refractivity contribution in [1.29, 1.82) is 0 Å². The molecule has 66 valence electrons. The Labute approximate surface area is 62.0 Å². The molecule has 0 aromatic heterocycles. The van der Waals surface area contributed by atoms with Crippen LogP contribution < -0.4 is 5.11 Å². The minimum absolute atomic E-state index is 0.0537. The SMILES string of the molecule is CCC(CC(F)(F)F)C(=O)[O-]. The molecule has 0 heterocycles. The monoisotopic (exact) mass is 169 g/mol. The third-order valence-electron chi connectivity index (χ3n) is 1.30. The number of carbonyl (C=O) groups is 1. The fourth-order valence-electron chi connectivity index (χ4n) is 0.674. The van der Waals surface area contributed by atoms with Crippen molar-refractivity contribution in [1.82, 2.24) is 0 Å². The summed E-state index contributed by atoms with van der Waals surface area (Å²) in [7, 11) is 0. The van der Waals surface area contributed by atoms with E-state index in [-0.39, 0.29) is 6.42 Å². The molecule has 0 rings (SSSR count). The molecule has 0 spiro atoms. The van der Waals surface area contributed by atoms with E-state index in [2.05, 4.69) is 0 Å². The molecule has 0 amide bonds. The van der Waals surface area contributed by atoms with Gasteiger partial charge < -0.3 is 9.90 Å². The highest BCUT2D eigenvalue weighted by Crippen LogP contribution is 2.25. The Kier molecular flexibility index (Phi) is 3.35. The highest BCUT2D eigenvalue weighted by molar-refractivity contribution is 5.67. The quantitative estimate of drug-likeness (QED) is 0.624. The Balaban J connectivity index is 3.99. The minimum Gasteiger partial charge on any atom is -0.550 e. The molecule has 0 radical (unpaired) electrons. The normalized spacial score (nSPS) is 14.5. The lowest BCUT2D eigenvalue weighted by Gasteiger charge is -2.17. The number of hydrogen-bond acceptors (Lipinski definition) is 2. The van der Waals surface area contributed by atoms with Crippen LogP contribution in [0.2, 0.25) is 0 Å². The van der Waals surface area contributed by atoms with E-state index in [1.807, 2.05) is 0 Å². The third kappa shape index (κ3) is 4.64. The fraction of sp³-hybridized carbons (Fsp3) is 0.833. The van der Waals surface area contributed by atoms with Crippen molar-refractivity contribution in [3.05, 3.63) is 0 Å². The van der Waals surface area contributed by atoms with Crippen molar-refractivity contribution in [3.63, 3.8) is 0 Å². The molecule has 0 fully saturated rings. The molecule has 1 atom stereocenters. The van der Waals surface area contributed by atoms with Crippen LogP contribution in [0.25, 0.3) is 0 Å². The van der Waals surface area contributed by atoms with Gasteiger partial charge >= 0.3 is 6.18 Å². The van der Waals surface area contributed by atoms with Crippen molar-refractivity contribution >= 4 is 5.97 Å². The van der Waals surface area contributed by atoms with Crippen molar-refractivity contribution < 1.29 is 23.1 Å². The summed E-state index contributed by atoms with van der Waals surface area (Å²) >= 11 is 0. The average molecular weight is 169 g/mol. The van der Waals surface area contributed by atoms with Gasteiger partial charge in [-0.3, -0.25) is 0 Å². The predicted octanol–water partition coefficient (Wildman–Crippen LogP) is 0.715. The second kappa shape index (κ2) is 3.59. The zero-order chi connectivity index (χ0) is 9.07. The molecule has 0 saturated heterocycles. The lowest BCUT2D eigenvalue weighted by atomic mass is 10.0. The van der Waals surface area contributed by atoms with Gasteiger partial charge in [0.05, 0.1) is 6.42 Å². The van der Waals surface area contributed by atoms with Crippen LogP contribution in [0.4, 0.5) is 13.2 Å². The number of carbonyl (C=O) groups excluding carboxylic acids is 1. The second-order valence-electron chi connectivity index (χ2n) is 2.24. The molecule has 0 bridgehead atoms. The topological polar surface area (TPSA) is 40.1 Å². The van der Waals surface area contributed by atoms with Crippen LogP contribution in [0.1, 0.15) is 19.8 Å². The van der Waals surface area contributed by atoms with E-state index < -0.39 is 24.5 Å². The lowest BCUT2D eigenvalue weighted by Crippen LogP contribution is -2.33. The smallest absolute Gasteiger partial charge is 0.389 e. The van der Waals surface area contributed by atoms with Gasteiger partial charge in [0.15, 0.2) is 0 Å². The van der Waals surface area contributed by atoms with E-state index in [1.165, 1.54) is 6.92 Å². The van der Waals surface area contributed by atoms with E-state index in [4.69, 9.17) is 0 Å². The molecule has 0 saturated carbocycles. The summed E-state index contributed by atoms with van der Waals surface area (Å²) in [4.78, 5) is 10.00. The second-order valence-corrected chi connectivity index (χ2v) is 2.24. The van der Waals surface area contributed by atoms with Gasteiger partial charge in [0.1, 0.15) is 0 Å². The molecule has 5 heteroatoms. The average Bonchev–Trinajstić information content (AvgIpc) is 1.80. The Morgan fingerprint density at radius 3 is 2.09 bits per heavy atom. The summed E-state index contributed by atoms with van der Waals surface area (Å²) in [6.45, 7) is 1.38. The maximum Gasteiger partial charge on any atom is 0.389 e. The summed E-state index contributed by atoms with van der Waals surface area (Å²) in [5.74, 6) is -3.04. The van der Waals surface area contributed by atoms with Crippen molar-refractivity contribution in [2.24, 2.45) is 5.92 Å². The summed E-state index contributed by atoms with van der Waals surface area (Å²) in [6.07, 6.45) is -5.77. The molecular weight excluding hydrogens is 161 g/mol. The van der Waals surface area contributed by atoms with Gasteiger partial charge in [-0.1, -0.05) is 6.92 Å². The first-order chi connectivity index (χ1) is 4.87. The van der Waals surface area contributed by atoms with Crippen LogP contribution in [0.5, 0.6) is 0 Å². The third-order valence-corrected chi connectivity index (χ3v) is 1.30. The van der Waals surface area contributed by atoms with Crippen LogP contribution in [-0.4, -0.2) is 12.1 Å². The highest BCUT2D eigenvalue weighted by Gasteiger charge is 2.31. The number of carboxylic acids is 1. The van der Waals surface area contributed by atoms with Gasteiger partial charge in [-0.15, -0.1) is 0 Å². The number of halogens is 3. The summed E-state index contributed by atoms with van der Waals surface area (Å²) in [6, 6.07) is 0. The molecular formula is C6H8F3O2-. The van der Waals surface area contributed by atoms with Crippen LogP contribution >= 0.6 is 0 Å².